The number of likely N-dealkylation sites (N-methyl/N-ethyl adjacent to an activating group) is 1. The first-order chi connectivity index (χ1) is 9.65. The van der Waals surface area contributed by atoms with E-state index in [0.717, 1.165) is 29.8 Å². The van der Waals surface area contributed by atoms with Crippen LogP contribution in [0.2, 0.25) is 0 Å². The molecule has 2 aromatic rings. The third-order valence-electron chi connectivity index (χ3n) is 3.45. The molecule has 1 heterocycles. The van der Waals surface area contributed by atoms with Crippen LogP contribution >= 0.6 is 15.9 Å². The van der Waals surface area contributed by atoms with E-state index in [4.69, 9.17) is 0 Å². The van der Waals surface area contributed by atoms with Crippen LogP contribution in [0, 0.1) is 6.92 Å². The van der Waals surface area contributed by atoms with Gasteiger partial charge in [-0.25, -0.2) is 4.98 Å². The van der Waals surface area contributed by atoms with Gasteiger partial charge >= 0.3 is 0 Å². The summed E-state index contributed by atoms with van der Waals surface area (Å²) in [4.78, 5) is 4.39. The van der Waals surface area contributed by atoms with Gasteiger partial charge in [0, 0.05) is 23.5 Å². The number of aromatic nitrogens is 3. The first-order valence-corrected chi connectivity index (χ1v) is 7.81. The van der Waals surface area contributed by atoms with Gasteiger partial charge < -0.3 is 5.32 Å². The lowest BCUT2D eigenvalue weighted by Gasteiger charge is -2.20. The lowest BCUT2D eigenvalue weighted by Crippen LogP contribution is -2.25. The van der Waals surface area contributed by atoms with Crippen molar-refractivity contribution in [2.24, 2.45) is 0 Å². The van der Waals surface area contributed by atoms with Crippen molar-refractivity contribution in [1.82, 2.24) is 20.1 Å². The molecule has 0 bridgehead atoms. The largest absolute Gasteiger partial charge is 0.310 e. The van der Waals surface area contributed by atoms with Crippen molar-refractivity contribution in [2.75, 3.05) is 6.54 Å². The van der Waals surface area contributed by atoms with Gasteiger partial charge in [-0.1, -0.05) is 28.9 Å². The van der Waals surface area contributed by atoms with Gasteiger partial charge in [-0.05, 0) is 43.7 Å². The molecule has 0 fully saturated rings. The summed E-state index contributed by atoms with van der Waals surface area (Å²) in [5.74, 6) is 1.03. The van der Waals surface area contributed by atoms with Gasteiger partial charge in [0.15, 0.2) is 0 Å². The maximum Gasteiger partial charge on any atom is 0.138 e. The van der Waals surface area contributed by atoms with E-state index < -0.39 is 0 Å². The monoisotopic (exact) mass is 336 g/mol. The Labute approximate surface area is 128 Å². The number of rotatable bonds is 6. The summed E-state index contributed by atoms with van der Waals surface area (Å²) in [6, 6.07) is 6.67. The van der Waals surface area contributed by atoms with Crippen LogP contribution in [-0.4, -0.2) is 21.3 Å². The molecule has 1 N–H and O–H groups in total. The predicted octanol–water partition coefficient (Wildman–Crippen LogP) is 3.26. The summed E-state index contributed by atoms with van der Waals surface area (Å²) in [6.45, 7) is 8.15. The average molecular weight is 337 g/mol. The number of hydrogen-bond acceptors (Lipinski definition) is 3. The number of nitrogens with zero attached hydrogens (tertiary/aromatic N) is 3. The Kier molecular flexibility index (Phi) is 5.31. The molecule has 108 valence electrons. The molecule has 0 spiro atoms. The Morgan fingerprint density at radius 3 is 2.85 bits per heavy atom. The van der Waals surface area contributed by atoms with Crippen molar-refractivity contribution >= 4 is 15.9 Å². The summed E-state index contributed by atoms with van der Waals surface area (Å²) >= 11 is 3.56. The molecular weight excluding hydrogens is 316 g/mol. The van der Waals surface area contributed by atoms with Gasteiger partial charge in [0.2, 0.25) is 0 Å². The van der Waals surface area contributed by atoms with Crippen molar-refractivity contribution in [2.45, 2.75) is 39.8 Å². The quantitative estimate of drug-likeness (QED) is 0.880. The molecule has 1 unspecified atom stereocenters. The summed E-state index contributed by atoms with van der Waals surface area (Å²) in [5, 5.41) is 7.80. The summed E-state index contributed by atoms with van der Waals surface area (Å²) in [6.07, 6.45) is 2.48. The number of hydrogen-bond donors (Lipinski definition) is 1. The number of nitrogens with one attached hydrogen (secondary N) is 1. The molecule has 0 aliphatic heterocycles. The number of benzene rings is 1. The lowest BCUT2D eigenvalue weighted by atomic mass is 9.98. The fraction of sp³-hybridized carbons (Fsp3) is 0.467. The van der Waals surface area contributed by atoms with Gasteiger partial charge in [0.25, 0.3) is 0 Å². The predicted molar refractivity (Wildman–Crippen MR) is 84.7 cm³/mol. The van der Waals surface area contributed by atoms with Gasteiger partial charge in [-0.2, -0.15) is 5.10 Å². The van der Waals surface area contributed by atoms with Crippen molar-refractivity contribution in [3.63, 3.8) is 0 Å². The third-order valence-corrected chi connectivity index (χ3v) is 3.94. The van der Waals surface area contributed by atoms with E-state index in [-0.39, 0.29) is 6.04 Å². The van der Waals surface area contributed by atoms with Crippen molar-refractivity contribution < 1.29 is 0 Å². The van der Waals surface area contributed by atoms with E-state index in [0.29, 0.717) is 0 Å². The first kappa shape index (κ1) is 15.2. The van der Waals surface area contributed by atoms with Gasteiger partial charge in [-0.15, -0.1) is 0 Å². The Balaban J connectivity index is 2.29. The van der Waals surface area contributed by atoms with E-state index in [1.54, 1.807) is 6.33 Å². The standard InChI is InChI=1S/C15H21BrN4/c1-4-17-14(9-15-18-10-19-20(15)5-2)13-8-12(16)7-6-11(13)3/h6-8,10,14,17H,4-5,9H2,1-3H3. The highest BCUT2D eigenvalue weighted by Gasteiger charge is 2.17. The highest BCUT2D eigenvalue weighted by molar-refractivity contribution is 9.10. The Hall–Kier alpha value is -1.20. The molecular formula is C15H21BrN4. The van der Waals surface area contributed by atoms with Crippen LogP contribution in [0.5, 0.6) is 0 Å². The van der Waals surface area contributed by atoms with Gasteiger partial charge in [0.05, 0.1) is 0 Å². The topological polar surface area (TPSA) is 42.7 Å². The smallest absolute Gasteiger partial charge is 0.138 e. The Bertz CT molecular complexity index is 565. The SMILES string of the molecule is CCNC(Cc1ncnn1CC)c1cc(Br)ccc1C. The number of halogens is 1. The van der Waals surface area contributed by atoms with E-state index >= 15 is 0 Å². The van der Waals surface area contributed by atoms with E-state index in [9.17, 15) is 0 Å². The highest BCUT2D eigenvalue weighted by atomic mass is 79.9. The molecule has 0 aliphatic carbocycles. The lowest BCUT2D eigenvalue weighted by molar-refractivity contribution is 0.508. The Morgan fingerprint density at radius 1 is 1.35 bits per heavy atom. The zero-order chi connectivity index (χ0) is 14.5. The maximum absolute atomic E-state index is 4.39. The second-order valence-electron chi connectivity index (χ2n) is 4.81. The fourth-order valence-electron chi connectivity index (χ4n) is 2.42. The molecule has 0 saturated heterocycles. The third kappa shape index (κ3) is 3.46. The van der Waals surface area contributed by atoms with Crippen molar-refractivity contribution in [3.05, 3.63) is 46.0 Å². The minimum Gasteiger partial charge on any atom is -0.310 e. The van der Waals surface area contributed by atoms with Crippen LogP contribution in [-0.2, 0) is 13.0 Å². The average Bonchev–Trinajstić information content (AvgIpc) is 2.88. The molecule has 5 heteroatoms. The molecule has 20 heavy (non-hydrogen) atoms. The molecule has 0 saturated carbocycles. The van der Waals surface area contributed by atoms with Crippen molar-refractivity contribution in [1.29, 1.82) is 0 Å². The van der Waals surface area contributed by atoms with E-state index in [1.165, 1.54) is 11.1 Å². The van der Waals surface area contributed by atoms with Crippen LogP contribution in [0.15, 0.2) is 29.0 Å². The minimum atomic E-state index is 0.256. The van der Waals surface area contributed by atoms with Crippen LogP contribution < -0.4 is 5.32 Å². The van der Waals surface area contributed by atoms with Crippen LogP contribution in [0.4, 0.5) is 0 Å². The fourth-order valence-corrected chi connectivity index (χ4v) is 2.80. The van der Waals surface area contributed by atoms with E-state index in [2.05, 4.69) is 70.3 Å². The zero-order valence-electron chi connectivity index (χ0n) is 12.2. The second kappa shape index (κ2) is 6.99. The maximum atomic E-state index is 4.39. The normalized spacial score (nSPS) is 12.6. The minimum absolute atomic E-state index is 0.256. The molecule has 1 atom stereocenters. The molecule has 0 aliphatic rings. The molecule has 2 rings (SSSR count). The van der Waals surface area contributed by atoms with E-state index in [1.807, 2.05) is 4.68 Å². The second-order valence-corrected chi connectivity index (χ2v) is 5.72. The highest BCUT2D eigenvalue weighted by Crippen LogP contribution is 2.24. The van der Waals surface area contributed by atoms with Crippen molar-refractivity contribution in [3.8, 4) is 0 Å². The van der Waals surface area contributed by atoms with Crippen LogP contribution in [0.3, 0.4) is 0 Å². The number of aryl methyl sites for hydroxylation is 2. The molecule has 0 amide bonds. The summed E-state index contributed by atoms with van der Waals surface area (Å²) in [5.41, 5.74) is 2.61. The van der Waals surface area contributed by atoms with Crippen LogP contribution in [0.25, 0.3) is 0 Å². The summed E-state index contributed by atoms with van der Waals surface area (Å²) < 4.78 is 3.07. The molecule has 0 radical (unpaired) electrons. The van der Waals surface area contributed by atoms with Crippen LogP contribution in [0.1, 0.15) is 36.8 Å². The van der Waals surface area contributed by atoms with Gasteiger partial charge in [-0.3, -0.25) is 4.68 Å². The zero-order valence-corrected chi connectivity index (χ0v) is 13.8. The van der Waals surface area contributed by atoms with Gasteiger partial charge in [0.1, 0.15) is 12.2 Å². The summed E-state index contributed by atoms with van der Waals surface area (Å²) in [7, 11) is 0. The molecule has 4 nitrogen and oxygen atoms in total. The molecule has 1 aromatic heterocycles. The first-order valence-electron chi connectivity index (χ1n) is 7.01. The molecule has 1 aromatic carbocycles. The Morgan fingerprint density at radius 2 is 2.15 bits per heavy atom.